The van der Waals surface area contributed by atoms with Gasteiger partial charge in [0.1, 0.15) is 17.5 Å². The first-order chi connectivity index (χ1) is 8.17. The zero-order chi connectivity index (χ0) is 12.4. The van der Waals surface area contributed by atoms with Gasteiger partial charge >= 0.3 is 0 Å². The number of hydrogen-bond donors (Lipinski definition) is 1. The van der Waals surface area contributed by atoms with Crippen molar-refractivity contribution in [1.29, 1.82) is 5.26 Å². The highest BCUT2D eigenvalue weighted by molar-refractivity contribution is 5.57. The number of nitriles is 1. The Balaban J connectivity index is 2.22. The fraction of sp³-hybridized carbons (Fsp3) is 0.667. The van der Waals surface area contributed by atoms with Gasteiger partial charge in [-0.15, -0.1) is 0 Å². The van der Waals surface area contributed by atoms with Crippen LogP contribution in [0.1, 0.15) is 24.1 Å². The molecule has 1 saturated heterocycles. The van der Waals surface area contributed by atoms with Gasteiger partial charge in [-0.1, -0.05) is 0 Å². The van der Waals surface area contributed by atoms with E-state index in [1.165, 1.54) is 0 Å². The van der Waals surface area contributed by atoms with E-state index < -0.39 is 0 Å². The summed E-state index contributed by atoms with van der Waals surface area (Å²) in [7, 11) is 1.88. The highest BCUT2D eigenvalue weighted by atomic mass is 16.3. The van der Waals surface area contributed by atoms with Gasteiger partial charge < -0.3 is 10.0 Å². The van der Waals surface area contributed by atoms with Crippen LogP contribution in [0.5, 0.6) is 0 Å². The average Bonchev–Trinajstić information content (AvgIpc) is 2.83. The summed E-state index contributed by atoms with van der Waals surface area (Å²) >= 11 is 0. The number of anilines is 1. The zero-order valence-corrected chi connectivity index (χ0v) is 10.3. The second kappa shape index (κ2) is 4.76. The number of aromatic nitrogens is 2. The van der Waals surface area contributed by atoms with Gasteiger partial charge in [-0.25, -0.2) is 0 Å². The van der Waals surface area contributed by atoms with Crippen LogP contribution in [0.4, 0.5) is 5.82 Å². The van der Waals surface area contributed by atoms with E-state index >= 15 is 0 Å². The Bertz CT molecular complexity index is 446. The lowest BCUT2D eigenvalue weighted by molar-refractivity contribution is 0.263. The van der Waals surface area contributed by atoms with Crippen molar-refractivity contribution in [3.63, 3.8) is 0 Å². The van der Waals surface area contributed by atoms with E-state index in [4.69, 9.17) is 5.11 Å². The molecule has 1 atom stereocenters. The van der Waals surface area contributed by atoms with Gasteiger partial charge in [-0.2, -0.15) is 10.4 Å². The van der Waals surface area contributed by atoms with Gasteiger partial charge in [-0.05, 0) is 25.7 Å². The van der Waals surface area contributed by atoms with Crippen LogP contribution in [-0.2, 0) is 7.05 Å². The molecule has 0 bridgehead atoms. The summed E-state index contributed by atoms with van der Waals surface area (Å²) in [5.41, 5.74) is 1.47. The molecule has 92 valence electrons. The van der Waals surface area contributed by atoms with E-state index in [0.29, 0.717) is 11.5 Å². The maximum absolute atomic E-state index is 9.17. The fourth-order valence-corrected chi connectivity index (χ4v) is 2.58. The van der Waals surface area contributed by atoms with Crippen molar-refractivity contribution in [2.45, 2.75) is 19.8 Å². The average molecular weight is 234 g/mol. The van der Waals surface area contributed by atoms with Crippen molar-refractivity contribution in [2.24, 2.45) is 13.0 Å². The molecule has 1 fully saturated rings. The molecule has 17 heavy (non-hydrogen) atoms. The number of aliphatic hydroxyl groups is 1. The van der Waals surface area contributed by atoms with Gasteiger partial charge in [0.2, 0.25) is 0 Å². The van der Waals surface area contributed by atoms with Crippen LogP contribution >= 0.6 is 0 Å². The van der Waals surface area contributed by atoms with Crippen molar-refractivity contribution in [1.82, 2.24) is 9.78 Å². The Hall–Kier alpha value is -1.54. The van der Waals surface area contributed by atoms with Gasteiger partial charge in [0.25, 0.3) is 0 Å². The largest absolute Gasteiger partial charge is 0.396 e. The predicted octanol–water partition coefficient (Wildman–Crippen LogP) is 0.809. The molecule has 0 aromatic carbocycles. The zero-order valence-electron chi connectivity index (χ0n) is 10.3. The predicted molar refractivity (Wildman–Crippen MR) is 64.7 cm³/mol. The van der Waals surface area contributed by atoms with Crippen LogP contribution in [-0.4, -0.2) is 34.6 Å². The van der Waals surface area contributed by atoms with E-state index in [-0.39, 0.29) is 6.61 Å². The highest BCUT2D eigenvalue weighted by Crippen LogP contribution is 2.29. The molecular formula is C12H18N4O. The Morgan fingerprint density at radius 3 is 3.00 bits per heavy atom. The standard InChI is InChI=1S/C12H18N4O/c1-9-11(7-13)12(15(2)14-9)16-5-3-10(8-16)4-6-17/h10,17H,3-6,8H2,1-2H3. The molecule has 5 heteroatoms. The monoisotopic (exact) mass is 234 g/mol. The molecule has 1 aliphatic rings. The summed E-state index contributed by atoms with van der Waals surface area (Å²) in [6.07, 6.45) is 1.92. The topological polar surface area (TPSA) is 65.1 Å². The van der Waals surface area contributed by atoms with Crippen molar-refractivity contribution in [3.8, 4) is 6.07 Å². The Morgan fingerprint density at radius 2 is 2.35 bits per heavy atom. The lowest BCUT2D eigenvalue weighted by Gasteiger charge is -2.18. The van der Waals surface area contributed by atoms with E-state index in [9.17, 15) is 5.26 Å². The van der Waals surface area contributed by atoms with E-state index in [0.717, 1.165) is 37.4 Å². The number of hydrogen-bond acceptors (Lipinski definition) is 4. The molecule has 1 aliphatic heterocycles. The number of aryl methyl sites for hydroxylation is 2. The Labute approximate surface area is 101 Å². The lowest BCUT2D eigenvalue weighted by Crippen LogP contribution is -2.23. The third-order valence-corrected chi connectivity index (χ3v) is 3.43. The summed E-state index contributed by atoms with van der Waals surface area (Å²) in [4.78, 5) is 2.21. The van der Waals surface area contributed by atoms with Gasteiger partial charge in [0.05, 0.1) is 5.69 Å². The van der Waals surface area contributed by atoms with Crippen LogP contribution < -0.4 is 4.90 Å². The first-order valence-corrected chi connectivity index (χ1v) is 5.97. The van der Waals surface area contributed by atoms with Crippen molar-refractivity contribution >= 4 is 5.82 Å². The molecule has 1 aromatic heterocycles. The quantitative estimate of drug-likeness (QED) is 0.840. The summed E-state index contributed by atoms with van der Waals surface area (Å²) in [6.45, 7) is 3.96. The minimum Gasteiger partial charge on any atom is -0.396 e. The summed E-state index contributed by atoms with van der Waals surface area (Å²) < 4.78 is 1.79. The normalized spacial score (nSPS) is 19.6. The minimum atomic E-state index is 0.244. The Morgan fingerprint density at radius 1 is 1.59 bits per heavy atom. The molecule has 0 radical (unpaired) electrons. The van der Waals surface area contributed by atoms with E-state index in [2.05, 4.69) is 16.1 Å². The Kier molecular flexibility index (Phi) is 3.34. The number of aliphatic hydroxyl groups excluding tert-OH is 1. The smallest absolute Gasteiger partial charge is 0.144 e. The van der Waals surface area contributed by atoms with Crippen molar-refractivity contribution in [3.05, 3.63) is 11.3 Å². The van der Waals surface area contributed by atoms with E-state index in [1.807, 2.05) is 14.0 Å². The number of nitrogens with zero attached hydrogens (tertiary/aromatic N) is 4. The SMILES string of the molecule is Cc1nn(C)c(N2CCC(CCO)C2)c1C#N. The molecule has 2 rings (SSSR count). The number of rotatable bonds is 3. The summed E-state index contributed by atoms with van der Waals surface area (Å²) in [5, 5.41) is 22.4. The third kappa shape index (κ3) is 2.13. The second-order valence-electron chi connectivity index (χ2n) is 4.63. The second-order valence-corrected chi connectivity index (χ2v) is 4.63. The molecule has 0 spiro atoms. The maximum Gasteiger partial charge on any atom is 0.144 e. The molecule has 0 aliphatic carbocycles. The van der Waals surface area contributed by atoms with Crippen LogP contribution in [0.25, 0.3) is 0 Å². The van der Waals surface area contributed by atoms with Crippen LogP contribution in [0.3, 0.4) is 0 Å². The van der Waals surface area contributed by atoms with Gasteiger partial charge in [0, 0.05) is 26.7 Å². The molecule has 2 heterocycles. The first kappa shape index (κ1) is 11.9. The third-order valence-electron chi connectivity index (χ3n) is 3.43. The summed E-state index contributed by atoms with van der Waals surface area (Å²) in [5.74, 6) is 1.45. The van der Waals surface area contributed by atoms with Crippen molar-refractivity contribution in [2.75, 3.05) is 24.6 Å². The fourth-order valence-electron chi connectivity index (χ4n) is 2.58. The molecule has 0 amide bonds. The van der Waals surface area contributed by atoms with Crippen LogP contribution in [0, 0.1) is 24.2 Å². The minimum absolute atomic E-state index is 0.244. The van der Waals surface area contributed by atoms with Gasteiger partial charge in [-0.3, -0.25) is 4.68 Å². The van der Waals surface area contributed by atoms with E-state index in [1.54, 1.807) is 4.68 Å². The molecule has 0 saturated carbocycles. The van der Waals surface area contributed by atoms with Crippen LogP contribution in [0.15, 0.2) is 0 Å². The molecule has 5 nitrogen and oxygen atoms in total. The lowest BCUT2D eigenvalue weighted by atomic mass is 10.1. The van der Waals surface area contributed by atoms with Crippen molar-refractivity contribution < 1.29 is 5.11 Å². The van der Waals surface area contributed by atoms with Gasteiger partial charge in [0.15, 0.2) is 0 Å². The maximum atomic E-state index is 9.17. The molecule has 1 N–H and O–H groups in total. The highest BCUT2D eigenvalue weighted by Gasteiger charge is 2.27. The van der Waals surface area contributed by atoms with Crippen LogP contribution in [0.2, 0.25) is 0 Å². The molecule has 1 aromatic rings. The molecule has 1 unspecified atom stereocenters. The summed E-state index contributed by atoms with van der Waals surface area (Å²) in [6, 6.07) is 2.23. The first-order valence-electron chi connectivity index (χ1n) is 5.97. The molecular weight excluding hydrogens is 216 g/mol.